The molecule has 3 N–H and O–H groups in total. The van der Waals surface area contributed by atoms with Gasteiger partial charge in [-0.25, -0.2) is 14.5 Å². The van der Waals surface area contributed by atoms with Crippen LogP contribution in [0.15, 0.2) is 11.8 Å². The molecular formula is C12H23N3O3. The lowest BCUT2D eigenvalue weighted by molar-refractivity contribution is 0.0328. The number of nitrogens with two attached hydrogens (primary N) is 1. The first-order valence-corrected chi connectivity index (χ1v) is 5.82. The van der Waals surface area contributed by atoms with Crippen LogP contribution in [0.3, 0.4) is 0 Å². The van der Waals surface area contributed by atoms with Crippen molar-refractivity contribution < 1.29 is 14.3 Å². The molecule has 6 nitrogen and oxygen atoms in total. The third-order valence-corrected chi connectivity index (χ3v) is 1.70. The van der Waals surface area contributed by atoms with Crippen LogP contribution in [-0.4, -0.2) is 35.7 Å². The van der Waals surface area contributed by atoms with Crippen LogP contribution in [0.5, 0.6) is 0 Å². The Morgan fingerprint density at radius 3 is 2.28 bits per heavy atom. The van der Waals surface area contributed by atoms with Crippen LogP contribution >= 0.6 is 0 Å². The quantitative estimate of drug-likeness (QED) is 0.807. The second kappa shape index (κ2) is 7.00. The Hall–Kier alpha value is -1.56. The zero-order valence-corrected chi connectivity index (χ0v) is 11.7. The monoisotopic (exact) mass is 257 g/mol. The van der Waals surface area contributed by atoms with Gasteiger partial charge in [0.15, 0.2) is 0 Å². The first kappa shape index (κ1) is 16.4. The molecule has 0 spiro atoms. The number of carbonyl (C=O) groups excluding carboxylic acids is 2. The summed E-state index contributed by atoms with van der Waals surface area (Å²) in [5.74, 6) is 0. The number of carbonyl (C=O) groups is 2. The van der Waals surface area contributed by atoms with Crippen LogP contribution < -0.4 is 11.1 Å². The largest absolute Gasteiger partial charge is 0.443 e. The van der Waals surface area contributed by atoms with Crippen molar-refractivity contribution in [2.24, 2.45) is 5.73 Å². The van der Waals surface area contributed by atoms with E-state index >= 15 is 0 Å². The molecule has 0 unspecified atom stereocenters. The van der Waals surface area contributed by atoms with E-state index in [4.69, 9.17) is 10.5 Å². The van der Waals surface area contributed by atoms with Gasteiger partial charge in [0.2, 0.25) is 0 Å². The molecular weight excluding hydrogens is 234 g/mol. The summed E-state index contributed by atoms with van der Waals surface area (Å²) in [5, 5.41) is 2.50. The molecule has 0 saturated heterocycles. The predicted octanol–water partition coefficient (Wildman–Crippen LogP) is 1.82. The Morgan fingerprint density at radius 2 is 1.89 bits per heavy atom. The lowest BCUT2D eigenvalue weighted by Crippen LogP contribution is -2.46. The van der Waals surface area contributed by atoms with Gasteiger partial charge in [-0.2, -0.15) is 0 Å². The van der Waals surface area contributed by atoms with Gasteiger partial charge in [0.05, 0.1) is 0 Å². The number of rotatable bonds is 3. The van der Waals surface area contributed by atoms with Gasteiger partial charge in [-0.05, 0) is 34.6 Å². The fourth-order valence-corrected chi connectivity index (χ4v) is 1.01. The molecule has 0 rings (SSSR count). The van der Waals surface area contributed by atoms with E-state index in [1.165, 1.54) is 6.20 Å². The van der Waals surface area contributed by atoms with Gasteiger partial charge in [-0.3, -0.25) is 0 Å². The first-order valence-electron chi connectivity index (χ1n) is 5.82. The Balaban J connectivity index is 4.69. The Kier molecular flexibility index (Phi) is 6.40. The molecule has 0 aliphatic carbocycles. The molecule has 0 aliphatic heterocycles. The summed E-state index contributed by atoms with van der Waals surface area (Å²) < 4.78 is 5.13. The molecule has 0 fully saturated rings. The maximum atomic E-state index is 11.8. The van der Waals surface area contributed by atoms with Crippen LogP contribution in [-0.2, 0) is 4.74 Å². The summed E-state index contributed by atoms with van der Waals surface area (Å²) in [7, 11) is 0. The Labute approximate surface area is 108 Å². The summed E-state index contributed by atoms with van der Waals surface area (Å²) in [6.45, 7) is 9.17. The maximum Gasteiger partial charge on any atom is 0.418 e. The van der Waals surface area contributed by atoms with Gasteiger partial charge in [-0.15, -0.1) is 0 Å². The highest BCUT2D eigenvalue weighted by molar-refractivity contribution is 5.91. The van der Waals surface area contributed by atoms with E-state index < -0.39 is 17.7 Å². The van der Waals surface area contributed by atoms with Crippen LogP contribution in [0.1, 0.15) is 34.6 Å². The number of urea groups is 1. The van der Waals surface area contributed by atoms with Crippen molar-refractivity contribution in [3.05, 3.63) is 11.8 Å². The minimum absolute atomic E-state index is 0.108. The van der Waals surface area contributed by atoms with Gasteiger partial charge in [0.1, 0.15) is 5.60 Å². The van der Waals surface area contributed by atoms with E-state index in [0.29, 0.717) is 0 Å². The molecule has 0 aromatic carbocycles. The number of amides is 3. The summed E-state index contributed by atoms with van der Waals surface area (Å²) in [6, 6.07) is -0.545. The van der Waals surface area contributed by atoms with Crippen LogP contribution in [0.4, 0.5) is 9.59 Å². The van der Waals surface area contributed by atoms with Gasteiger partial charge >= 0.3 is 12.1 Å². The van der Waals surface area contributed by atoms with Gasteiger partial charge in [-0.1, -0.05) is 5.57 Å². The van der Waals surface area contributed by atoms with Crippen molar-refractivity contribution >= 4 is 12.1 Å². The van der Waals surface area contributed by atoms with E-state index in [0.717, 1.165) is 10.5 Å². The van der Waals surface area contributed by atoms with Gasteiger partial charge in [0.25, 0.3) is 0 Å². The molecule has 3 amide bonds. The summed E-state index contributed by atoms with van der Waals surface area (Å²) in [6.07, 6.45) is 0.823. The standard InChI is InChI=1S/C12H23N3O3/c1-9(2)8-14-10(16)15(7-6-13)11(17)18-12(3,4)5/h8H,6-7,13H2,1-5H3,(H,14,16). The lowest BCUT2D eigenvalue weighted by atomic mass is 10.2. The molecule has 0 aromatic rings. The fraction of sp³-hybridized carbons (Fsp3) is 0.667. The van der Waals surface area contributed by atoms with Crippen molar-refractivity contribution in [2.75, 3.05) is 13.1 Å². The van der Waals surface area contributed by atoms with Gasteiger partial charge in [0, 0.05) is 19.3 Å². The number of hydrogen-bond donors (Lipinski definition) is 2. The second-order valence-electron chi connectivity index (χ2n) is 5.09. The molecule has 0 saturated carbocycles. The number of imide groups is 1. The van der Waals surface area contributed by atoms with Crippen molar-refractivity contribution in [1.82, 2.24) is 10.2 Å². The van der Waals surface area contributed by atoms with Crippen LogP contribution in [0.25, 0.3) is 0 Å². The number of nitrogens with zero attached hydrogens (tertiary/aromatic N) is 1. The highest BCUT2D eigenvalue weighted by Gasteiger charge is 2.26. The van der Waals surface area contributed by atoms with Crippen LogP contribution in [0, 0.1) is 0 Å². The van der Waals surface area contributed by atoms with Crippen molar-refractivity contribution in [3.63, 3.8) is 0 Å². The molecule has 104 valence electrons. The van der Waals surface area contributed by atoms with Crippen molar-refractivity contribution in [3.8, 4) is 0 Å². The van der Waals surface area contributed by atoms with E-state index in [2.05, 4.69) is 5.32 Å². The SMILES string of the molecule is CC(C)=CNC(=O)N(CCN)C(=O)OC(C)(C)C. The van der Waals surface area contributed by atoms with Crippen molar-refractivity contribution in [1.29, 1.82) is 0 Å². The smallest absolute Gasteiger partial charge is 0.418 e. The summed E-state index contributed by atoms with van der Waals surface area (Å²) in [4.78, 5) is 24.5. The number of ether oxygens (including phenoxy) is 1. The predicted molar refractivity (Wildman–Crippen MR) is 70.0 cm³/mol. The third kappa shape index (κ3) is 6.90. The lowest BCUT2D eigenvalue weighted by Gasteiger charge is -2.25. The molecule has 0 bridgehead atoms. The van der Waals surface area contributed by atoms with Gasteiger partial charge < -0.3 is 15.8 Å². The molecule has 18 heavy (non-hydrogen) atoms. The molecule has 0 radical (unpaired) electrons. The molecule has 6 heteroatoms. The average Bonchev–Trinajstić information content (AvgIpc) is 2.19. The summed E-state index contributed by atoms with van der Waals surface area (Å²) >= 11 is 0. The number of allylic oxidation sites excluding steroid dienone is 1. The maximum absolute atomic E-state index is 11.8. The number of nitrogens with one attached hydrogen (secondary N) is 1. The first-order chi connectivity index (χ1) is 8.17. The zero-order chi connectivity index (χ0) is 14.3. The minimum atomic E-state index is -0.701. The molecule has 0 atom stereocenters. The normalized spacial score (nSPS) is 10.6. The topological polar surface area (TPSA) is 84.7 Å². The summed E-state index contributed by atoms with van der Waals surface area (Å²) in [5.41, 5.74) is 5.64. The van der Waals surface area contributed by atoms with E-state index in [1.807, 2.05) is 13.8 Å². The molecule has 0 aromatic heterocycles. The zero-order valence-electron chi connectivity index (χ0n) is 11.7. The van der Waals surface area contributed by atoms with E-state index in [-0.39, 0.29) is 13.1 Å². The van der Waals surface area contributed by atoms with Crippen molar-refractivity contribution in [2.45, 2.75) is 40.2 Å². The van der Waals surface area contributed by atoms with Crippen LogP contribution in [0.2, 0.25) is 0 Å². The fourth-order valence-electron chi connectivity index (χ4n) is 1.01. The van der Waals surface area contributed by atoms with E-state index in [1.54, 1.807) is 20.8 Å². The molecule has 0 heterocycles. The Bertz CT molecular complexity index is 328. The molecule has 0 aliphatic rings. The highest BCUT2D eigenvalue weighted by atomic mass is 16.6. The Morgan fingerprint density at radius 1 is 1.33 bits per heavy atom. The number of hydrogen-bond acceptors (Lipinski definition) is 4. The highest BCUT2D eigenvalue weighted by Crippen LogP contribution is 2.09. The second-order valence-corrected chi connectivity index (χ2v) is 5.09. The third-order valence-electron chi connectivity index (χ3n) is 1.70. The van der Waals surface area contributed by atoms with E-state index in [9.17, 15) is 9.59 Å². The average molecular weight is 257 g/mol. The minimum Gasteiger partial charge on any atom is -0.443 e.